The number of ether oxygens (including phenoxy) is 2. The van der Waals surface area contributed by atoms with Gasteiger partial charge in [0.15, 0.2) is 0 Å². The van der Waals surface area contributed by atoms with Gasteiger partial charge in [-0.1, -0.05) is 200 Å². The first-order valence-corrected chi connectivity index (χ1v) is 19.6. The molecule has 0 fully saturated rings. The van der Waals surface area contributed by atoms with Crippen LogP contribution >= 0.6 is 0 Å². The molecule has 0 heterocycles. The van der Waals surface area contributed by atoms with E-state index < -0.39 is 6.10 Å². The van der Waals surface area contributed by atoms with Crippen molar-refractivity contribution in [1.29, 1.82) is 0 Å². The molecule has 0 saturated heterocycles. The van der Waals surface area contributed by atoms with Gasteiger partial charge in [-0.05, 0) is 12.8 Å². The number of carbonyl (C=O) groups excluding carboxylic acids is 1. The van der Waals surface area contributed by atoms with Crippen molar-refractivity contribution in [3.8, 4) is 0 Å². The minimum atomic E-state index is -0.521. The topological polar surface area (TPSA) is 55.8 Å². The highest BCUT2D eigenvalue weighted by Crippen LogP contribution is 2.16. The van der Waals surface area contributed by atoms with Crippen molar-refractivity contribution in [3.63, 3.8) is 0 Å². The summed E-state index contributed by atoms with van der Waals surface area (Å²) in [5.41, 5.74) is 0. The van der Waals surface area contributed by atoms with E-state index in [9.17, 15) is 9.90 Å². The molecule has 43 heavy (non-hydrogen) atoms. The van der Waals surface area contributed by atoms with Crippen LogP contribution in [0, 0.1) is 0 Å². The Morgan fingerprint density at radius 1 is 0.465 bits per heavy atom. The van der Waals surface area contributed by atoms with Crippen molar-refractivity contribution in [2.75, 3.05) is 19.8 Å². The summed E-state index contributed by atoms with van der Waals surface area (Å²) in [5.74, 6) is -0.209. The molecule has 4 nitrogen and oxygen atoms in total. The van der Waals surface area contributed by atoms with Crippen molar-refractivity contribution in [1.82, 2.24) is 0 Å². The Morgan fingerprint density at radius 3 is 1.09 bits per heavy atom. The van der Waals surface area contributed by atoms with E-state index in [1.165, 1.54) is 180 Å². The minimum absolute atomic E-state index is 0.166. The lowest BCUT2D eigenvalue weighted by molar-refractivity contribution is -0.154. The molecule has 0 amide bonds. The highest BCUT2D eigenvalue weighted by atomic mass is 16.6. The molecule has 0 spiro atoms. The summed E-state index contributed by atoms with van der Waals surface area (Å²) in [4.78, 5) is 11.9. The third kappa shape index (κ3) is 35.7. The van der Waals surface area contributed by atoms with E-state index >= 15 is 0 Å². The van der Waals surface area contributed by atoms with E-state index in [1.807, 2.05) is 0 Å². The van der Waals surface area contributed by atoms with Crippen LogP contribution in [-0.4, -0.2) is 37.0 Å². The quantitative estimate of drug-likeness (QED) is 0.0561. The molecule has 0 radical (unpaired) electrons. The Kier molecular flexibility index (Phi) is 37.0. The normalized spacial score (nSPS) is 12.2. The van der Waals surface area contributed by atoms with E-state index in [1.54, 1.807) is 0 Å². The Balaban J connectivity index is 3.23. The largest absolute Gasteiger partial charge is 0.457 e. The molecule has 0 aromatic rings. The summed E-state index contributed by atoms with van der Waals surface area (Å²) in [6.45, 7) is 5.31. The summed E-state index contributed by atoms with van der Waals surface area (Å²) in [6.07, 6.45) is 42.0. The van der Waals surface area contributed by atoms with Gasteiger partial charge in [-0.2, -0.15) is 0 Å². The first kappa shape index (κ1) is 42.4. The fourth-order valence-electron chi connectivity index (χ4n) is 5.98. The van der Waals surface area contributed by atoms with Crippen LogP contribution in [0.5, 0.6) is 0 Å². The molecular formula is C39H78O4. The van der Waals surface area contributed by atoms with Crippen LogP contribution in [0.2, 0.25) is 0 Å². The maximum absolute atomic E-state index is 11.9. The zero-order chi connectivity index (χ0) is 31.3. The van der Waals surface area contributed by atoms with Gasteiger partial charge >= 0.3 is 5.97 Å². The molecule has 0 saturated carbocycles. The molecule has 1 atom stereocenters. The maximum Gasteiger partial charge on any atom is 0.306 e. The second-order valence-electron chi connectivity index (χ2n) is 13.4. The van der Waals surface area contributed by atoms with Crippen LogP contribution < -0.4 is 0 Å². The van der Waals surface area contributed by atoms with E-state index in [0.717, 1.165) is 19.3 Å². The molecule has 0 aliphatic carbocycles. The van der Waals surface area contributed by atoms with Gasteiger partial charge in [0.25, 0.3) is 0 Å². The molecular weight excluding hydrogens is 532 g/mol. The molecule has 0 aliphatic heterocycles. The van der Waals surface area contributed by atoms with Gasteiger partial charge in [-0.3, -0.25) is 4.79 Å². The Labute approximate surface area is 270 Å². The fraction of sp³-hybridized carbons (Fsp3) is 0.974. The van der Waals surface area contributed by atoms with E-state index in [0.29, 0.717) is 19.6 Å². The van der Waals surface area contributed by atoms with Crippen molar-refractivity contribution in [2.45, 2.75) is 225 Å². The summed E-state index contributed by atoms with van der Waals surface area (Å²) in [6, 6.07) is 0. The average Bonchev–Trinajstić information content (AvgIpc) is 3.01. The minimum Gasteiger partial charge on any atom is -0.457 e. The monoisotopic (exact) mass is 611 g/mol. The zero-order valence-electron chi connectivity index (χ0n) is 29.5. The zero-order valence-corrected chi connectivity index (χ0v) is 29.5. The van der Waals surface area contributed by atoms with Crippen molar-refractivity contribution in [2.24, 2.45) is 0 Å². The van der Waals surface area contributed by atoms with Crippen molar-refractivity contribution in [3.05, 3.63) is 0 Å². The Bertz CT molecular complexity index is 523. The summed E-state index contributed by atoms with van der Waals surface area (Å²) in [5, 5.41) is 9.46. The smallest absolute Gasteiger partial charge is 0.306 e. The van der Waals surface area contributed by atoms with Gasteiger partial charge in [-0.25, -0.2) is 0 Å². The molecule has 4 heteroatoms. The third-order valence-corrected chi connectivity index (χ3v) is 8.93. The lowest BCUT2D eigenvalue weighted by Crippen LogP contribution is -2.27. The first-order valence-electron chi connectivity index (χ1n) is 19.6. The van der Waals surface area contributed by atoms with Gasteiger partial charge < -0.3 is 14.6 Å². The van der Waals surface area contributed by atoms with E-state index in [2.05, 4.69) is 13.8 Å². The number of unbranched alkanes of at least 4 members (excludes halogenated alkanes) is 29. The molecule has 258 valence electrons. The standard InChI is InChI=1S/C39H78O4/c1-3-5-7-9-10-11-12-13-14-15-16-17-18-19-20-21-22-23-24-25-26-27-28-29-31-33-35-42-37-38(36-40)43-39(41)34-32-30-8-6-4-2/h38,40H,3-37H2,1-2H3. The second-order valence-corrected chi connectivity index (χ2v) is 13.4. The number of carbonyl (C=O) groups is 1. The molecule has 1 N–H and O–H groups in total. The van der Waals surface area contributed by atoms with Crippen LogP contribution in [0.4, 0.5) is 0 Å². The highest BCUT2D eigenvalue weighted by Gasteiger charge is 2.13. The predicted octanol–water partition coefficient (Wildman–Crippen LogP) is 12.4. The van der Waals surface area contributed by atoms with E-state index in [-0.39, 0.29) is 12.6 Å². The number of rotatable bonds is 37. The molecule has 0 aromatic heterocycles. The lowest BCUT2D eigenvalue weighted by atomic mass is 10.0. The third-order valence-electron chi connectivity index (χ3n) is 8.93. The average molecular weight is 611 g/mol. The van der Waals surface area contributed by atoms with Gasteiger partial charge in [0.05, 0.1) is 13.2 Å². The second kappa shape index (κ2) is 37.6. The van der Waals surface area contributed by atoms with Crippen molar-refractivity contribution >= 4 is 5.97 Å². The van der Waals surface area contributed by atoms with Crippen molar-refractivity contribution < 1.29 is 19.4 Å². The number of aliphatic hydroxyl groups is 1. The number of esters is 1. The van der Waals surface area contributed by atoms with E-state index in [4.69, 9.17) is 9.47 Å². The number of aliphatic hydroxyl groups excluding tert-OH is 1. The molecule has 0 rings (SSSR count). The number of hydrogen-bond acceptors (Lipinski definition) is 4. The maximum atomic E-state index is 11.9. The molecule has 1 unspecified atom stereocenters. The van der Waals surface area contributed by atoms with Gasteiger partial charge in [-0.15, -0.1) is 0 Å². The van der Waals surface area contributed by atoms with Crippen LogP contribution in [0.1, 0.15) is 219 Å². The summed E-state index contributed by atoms with van der Waals surface area (Å²) >= 11 is 0. The van der Waals surface area contributed by atoms with Gasteiger partial charge in [0.2, 0.25) is 0 Å². The van der Waals surface area contributed by atoms with Gasteiger partial charge in [0.1, 0.15) is 6.10 Å². The Morgan fingerprint density at radius 2 is 0.767 bits per heavy atom. The molecule has 0 aromatic carbocycles. The van der Waals surface area contributed by atoms with Crippen LogP contribution in [0.15, 0.2) is 0 Å². The van der Waals surface area contributed by atoms with Crippen LogP contribution in [0.25, 0.3) is 0 Å². The highest BCUT2D eigenvalue weighted by molar-refractivity contribution is 5.69. The first-order chi connectivity index (χ1) is 21.2. The van der Waals surface area contributed by atoms with Gasteiger partial charge in [0, 0.05) is 13.0 Å². The SMILES string of the molecule is CCCCCCCCCCCCCCCCCCCCCCCCCCCCOCC(CO)OC(=O)CCCCCCC. The number of hydrogen-bond donors (Lipinski definition) is 1. The van der Waals surface area contributed by atoms with Crippen LogP contribution in [0.3, 0.4) is 0 Å². The van der Waals surface area contributed by atoms with Crippen LogP contribution in [-0.2, 0) is 14.3 Å². The lowest BCUT2D eigenvalue weighted by Gasteiger charge is -2.15. The predicted molar refractivity (Wildman–Crippen MR) is 187 cm³/mol. The fourth-order valence-corrected chi connectivity index (χ4v) is 5.98. The molecule has 0 aliphatic rings. The molecule has 0 bridgehead atoms. The summed E-state index contributed by atoms with van der Waals surface area (Å²) in [7, 11) is 0. The summed E-state index contributed by atoms with van der Waals surface area (Å²) < 4.78 is 11.0. The Hall–Kier alpha value is -0.610.